The number of hydrogen-bond donors (Lipinski definition) is 1. The predicted octanol–water partition coefficient (Wildman–Crippen LogP) is 2.56. The molecule has 6 heteroatoms. The molecule has 1 aromatic heterocycles. The van der Waals surface area contributed by atoms with Crippen molar-refractivity contribution < 1.29 is 4.79 Å². The molecule has 0 radical (unpaired) electrons. The van der Waals surface area contributed by atoms with Gasteiger partial charge in [0, 0.05) is 37.9 Å². The van der Waals surface area contributed by atoms with Crippen molar-refractivity contribution in [3.63, 3.8) is 0 Å². The van der Waals surface area contributed by atoms with E-state index < -0.39 is 0 Å². The summed E-state index contributed by atoms with van der Waals surface area (Å²) >= 11 is 0. The van der Waals surface area contributed by atoms with Crippen LogP contribution >= 0.6 is 0 Å². The van der Waals surface area contributed by atoms with Gasteiger partial charge in [-0.3, -0.25) is 4.79 Å². The fraction of sp³-hybridized carbons (Fsp3) is 0.450. The zero-order chi connectivity index (χ0) is 18.7. The molecule has 0 aliphatic carbocycles. The Labute approximate surface area is 155 Å². The van der Waals surface area contributed by atoms with E-state index >= 15 is 0 Å². The minimum Gasteiger partial charge on any atom is -0.368 e. The molecule has 0 spiro atoms. The fourth-order valence-corrected chi connectivity index (χ4v) is 3.19. The van der Waals surface area contributed by atoms with Crippen LogP contribution < -0.4 is 15.1 Å². The summed E-state index contributed by atoms with van der Waals surface area (Å²) in [6.45, 7) is 11.9. The molecule has 2 heterocycles. The number of nitrogens with one attached hydrogen (secondary N) is 1. The van der Waals surface area contributed by atoms with E-state index in [1.807, 2.05) is 13.8 Å². The molecule has 1 fully saturated rings. The van der Waals surface area contributed by atoms with Crippen LogP contribution in [-0.4, -0.2) is 48.1 Å². The number of rotatable bonds is 4. The molecular formula is C20H27N5O. The van der Waals surface area contributed by atoms with Crippen LogP contribution in [0.3, 0.4) is 0 Å². The second-order valence-electron chi connectivity index (χ2n) is 7.08. The first kappa shape index (κ1) is 18.2. The average molecular weight is 353 g/mol. The van der Waals surface area contributed by atoms with Gasteiger partial charge in [-0.2, -0.15) is 0 Å². The van der Waals surface area contributed by atoms with E-state index in [-0.39, 0.29) is 11.9 Å². The Morgan fingerprint density at radius 1 is 1.04 bits per heavy atom. The smallest absolute Gasteiger partial charge is 0.271 e. The first-order chi connectivity index (χ1) is 12.5. The van der Waals surface area contributed by atoms with Crippen LogP contribution in [0.25, 0.3) is 0 Å². The summed E-state index contributed by atoms with van der Waals surface area (Å²) in [7, 11) is 0. The van der Waals surface area contributed by atoms with Crippen molar-refractivity contribution in [1.29, 1.82) is 0 Å². The zero-order valence-corrected chi connectivity index (χ0v) is 16.0. The Kier molecular flexibility index (Phi) is 5.40. The van der Waals surface area contributed by atoms with Crippen LogP contribution in [0.15, 0.2) is 30.6 Å². The number of nitrogens with zero attached hydrogens (tertiary/aromatic N) is 4. The summed E-state index contributed by atoms with van der Waals surface area (Å²) in [5, 5.41) is 2.83. The van der Waals surface area contributed by atoms with E-state index in [1.165, 1.54) is 16.8 Å². The lowest BCUT2D eigenvalue weighted by Crippen LogP contribution is -2.47. The highest BCUT2D eigenvalue weighted by Crippen LogP contribution is 2.24. The summed E-state index contributed by atoms with van der Waals surface area (Å²) < 4.78 is 0. The number of piperazine rings is 1. The standard InChI is InChI=1S/C20H27N5O/c1-14(2)23-20(26)17-12-22-19(13-21-17)25-10-8-24(9-11-25)18-7-5-6-15(3)16(18)4/h5-7,12-14H,8-11H2,1-4H3,(H,23,26). The number of aryl methyl sites for hydroxylation is 1. The molecule has 0 bridgehead atoms. The molecule has 1 amide bonds. The first-order valence-corrected chi connectivity index (χ1v) is 9.14. The van der Waals surface area contributed by atoms with Gasteiger partial charge in [0.05, 0.1) is 12.4 Å². The third-order valence-electron chi connectivity index (χ3n) is 4.81. The maximum Gasteiger partial charge on any atom is 0.271 e. The van der Waals surface area contributed by atoms with Crippen LogP contribution in [0, 0.1) is 13.8 Å². The molecule has 26 heavy (non-hydrogen) atoms. The second kappa shape index (κ2) is 7.72. The maximum atomic E-state index is 12.0. The summed E-state index contributed by atoms with van der Waals surface area (Å²) in [6, 6.07) is 6.56. The fourth-order valence-electron chi connectivity index (χ4n) is 3.19. The second-order valence-corrected chi connectivity index (χ2v) is 7.08. The molecule has 1 aliphatic rings. The van der Waals surface area contributed by atoms with E-state index in [0.717, 1.165) is 32.0 Å². The first-order valence-electron chi connectivity index (χ1n) is 9.14. The number of amides is 1. The monoisotopic (exact) mass is 353 g/mol. The minimum absolute atomic E-state index is 0.0853. The number of benzene rings is 1. The molecule has 6 nitrogen and oxygen atoms in total. The lowest BCUT2D eigenvalue weighted by atomic mass is 10.1. The molecule has 2 aromatic rings. The van der Waals surface area contributed by atoms with Crippen molar-refractivity contribution in [2.75, 3.05) is 36.0 Å². The molecular weight excluding hydrogens is 326 g/mol. The summed E-state index contributed by atoms with van der Waals surface area (Å²) in [5.41, 5.74) is 4.35. The lowest BCUT2D eigenvalue weighted by Gasteiger charge is -2.37. The number of hydrogen-bond acceptors (Lipinski definition) is 5. The van der Waals surface area contributed by atoms with Gasteiger partial charge in [-0.1, -0.05) is 12.1 Å². The van der Waals surface area contributed by atoms with Crippen molar-refractivity contribution in [2.24, 2.45) is 0 Å². The Hall–Kier alpha value is -2.63. The molecule has 1 saturated heterocycles. The van der Waals surface area contributed by atoms with E-state index in [0.29, 0.717) is 5.69 Å². The molecule has 0 unspecified atom stereocenters. The van der Waals surface area contributed by atoms with Crippen molar-refractivity contribution in [3.8, 4) is 0 Å². The molecule has 0 saturated carbocycles. The Morgan fingerprint density at radius 3 is 2.35 bits per heavy atom. The van der Waals surface area contributed by atoms with Gasteiger partial charge in [-0.25, -0.2) is 9.97 Å². The van der Waals surface area contributed by atoms with E-state index in [4.69, 9.17) is 0 Å². The minimum atomic E-state index is -0.182. The van der Waals surface area contributed by atoms with Gasteiger partial charge < -0.3 is 15.1 Å². The van der Waals surface area contributed by atoms with Crippen LogP contribution in [0.2, 0.25) is 0 Å². The molecule has 1 N–H and O–H groups in total. The maximum absolute atomic E-state index is 12.0. The van der Waals surface area contributed by atoms with Gasteiger partial charge in [0.1, 0.15) is 11.5 Å². The predicted molar refractivity (Wildman–Crippen MR) is 105 cm³/mol. The van der Waals surface area contributed by atoms with Gasteiger partial charge in [-0.15, -0.1) is 0 Å². The largest absolute Gasteiger partial charge is 0.368 e. The average Bonchev–Trinajstić information content (AvgIpc) is 2.64. The third-order valence-corrected chi connectivity index (χ3v) is 4.81. The summed E-state index contributed by atoms with van der Waals surface area (Å²) in [6.07, 6.45) is 3.26. The van der Waals surface area contributed by atoms with Crippen molar-refractivity contribution in [3.05, 3.63) is 47.4 Å². The van der Waals surface area contributed by atoms with E-state index in [2.05, 4.69) is 57.1 Å². The van der Waals surface area contributed by atoms with Crippen LogP contribution in [-0.2, 0) is 0 Å². The molecule has 1 aromatic carbocycles. The topological polar surface area (TPSA) is 61.4 Å². The quantitative estimate of drug-likeness (QED) is 0.915. The van der Waals surface area contributed by atoms with E-state index in [9.17, 15) is 4.79 Å². The van der Waals surface area contributed by atoms with Crippen LogP contribution in [0.1, 0.15) is 35.5 Å². The summed E-state index contributed by atoms with van der Waals surface area (Å²) in [4.78, 5) is 25.3. The number of aromatic nitrogens is 2. The van der Waals surface area contributed by atoms with Crippen LogP contribution in [0.4, 0.5) is 11.5 Å². The van der Waals surface area contributed by atoms with Gasteiger partial charge in [-0.05, 0) is 44.9 Å². The Morgan fingerprint density at radius 2 is 1.73 bits per heavy atom. The van der Waals surface area contributed by atoms with Crippen molar-refractivity contribution >= 4 is 17.4 Å². The van der Waals surface area contributed by atoms with Gasteiger partial charge in [0.2, 0.25) is 0 Å². The highest BCUT2D eigenvalue weighted by Gasteiger charge is 2.20. The Balaban J connectivity index is 1.63. The zero-order valence-electron chi connectivity index (χ0n) is 16.0. The normalized spacial score (nSPS) is 14.7. The number of anilines is 2. The third kappa shape index (κ3) is 3.95. The highest BCUT2D eigenvalue weighted by atomic mass is 16.1. The van der Waals surface area contributed by atoms with E-state index in [1.54, 1.807) is 12.4 Å². The number of carbonyl (C=O) groups excluding carboxylic acids is 1. The summed E-state index contributed by atoms with van der Waals surface area (Å²) in [5.74, 6) is 0.644. The molecule has 1 aliphatic heterocycles. The molecule has 0 atom stereocenters. The van der Waals surface area contributed by atoms with Crippen LogP contribution in [0.5, 0.6) is 0 Å². The van der Waals surface area contributed by atoms with Gasteiger partial charge >= 0.3 is 0 Å². The van der Waals surface area contributed by atoms with Gasteiger partial charge in [0.15, 0.2) is 0 Å². The van der Waals surface area contributed by atoms with Gasteiger partial charge in [0.25, 0.3) is 5.91 Å². The molecule has 138 valence electrons. The number of carbonyl (C=O) groups is 1. The highest BCUT2D eigenvalue weighted by molar-refractivity contribution is 5.92. The van der Waals surface area contributed by atoms with Crippen molar-refractivity contribution in [1.82, 2.24) is 15.3 Å². The Bertz CT molecular complexity index is 764. The molecule has 3 rings (SSSR count). The lowest BCUT2D eigenvalue weighted by molar-refractivity contribution is 0.0937. The van der Waals surface area contributed by atoms with Crippen molar-refractivity contribution in [2.45, 2.75) is 33.7 Å². The SMILES string of the molecule is Cc1cccc(N2CCN(c3cnc(C(=O)NC(C)C)cn3)CC2)c1C.